The van der Waals surface area contributed by atoms with Gasteiger partial charge in [-0.15, -0.1) is 0 Å². The van der Waals surface area contributed by atoms with Crippen LogP contribution in [0.15, 0.2) is 10.1 Å². The van der Waals surface area contributed by atoms with Crippen molar-refractivity contribution in [3.8, 4) is 0 Å². The van der Waals surface area contributed by atoms with Gasteiger partial charge in [-0.3, -0.25) is 4.99 Å². The van der Waals surface area contributed by atoms with Gasteiger partial charge in [-0.05, 0) is 41.5 Å². The summed E-state index contributed by atoms with van der Waals surface area (Å²) in [5, 5.41) is 4.02. The summed E-state index contributed by atoms with van der Waals surface area (Å²) in [5.74, 6) is 0. The van der Waals surface area contributed by atoms with Crippen LogP contribution < -0.4 is 5.43 Å². The van der Waals surface area contributed by atoms with Crippen LogP contribution in [0.4, 0.5) is 0 Å². The molecule has 3 heteroatoms. The van der Waals surface area contributed by atoms with Crippen LogP contribution in [0.2, 0.25) is 0 Å². The van der Waals surface area contributed by atoms with E-state index in [4.69, 9.17) is 0 Å². The molecule has 0 aromatic carbocycles. The molecule has 0 amide bonds. The van der Waals surface area contributed by atoms with Gasteiger partial charge in [0, 0.05) is 11.8 Å². The number of hydrazone groups is 1. The molecule has 13 heavy (non-hydrogen) atoms. The van der Waals surface area contributed by atoms with E-state index >= 15 is 0 Å². The van der Waals surface area contributed by atoms with Crippen molar-refractivity contribution in [1.29, 1.82) is 0 Å². The van der Waals surface area contributed by atoms with Crippen molar-refractivity contribution < 1.29 is 0 Å². The normalized spacial score (nSPS) is 14.3. The van der Waals surface area contributed by atoms with Crippen LogP contribution in [-0.2, 0) is 0 Å². The van der Waals surface area contributed by atoms with Crippen molar-refractivity contribution in [2.24, 2.45) is 10.1 Å². The highest BCUT2D eigenvalue weighted by Gasteiger charge is 2.05. The minimum Gasteiger partial charge on any atom is -0.305 e. The zero-order valence-corrected chi connectivity index (χ0v) is 9.55. The molecule has 0 atom stereocenters. The Labute approximate surface area is 81.3 Å². The maximum absolute atomic E-state index is 4.26. The highest BCUT2D eigenvalue weighted by atomic mass is 15.3. The predicted octanol–water partition coefficient (Wildman–Crippen LogP) is 2.23. The van der Waals surface area contributed by atoms with Crippen LogP contribution in [0.5, 0.6) is 0 Å². The van der Waals surface area contributed by atoms with Crippen molar-refractivity contribution in [2.75, 3.05) is 0 Å². The molecular weight excluding hydrogens is 162 g/mol. The molecule has 0 radical (unpaired) electrons. The van der Waals surface area contributed by atoms with Crippen LogP contribution in [0.1, 0.15) is 41.5 Å². The van der Waals surface area contributed by atoms with Crippen molar-refractivity contribution in [2.45, 2.75) is 52.6 Å². The fraction of sp³-hybridized carbons (Fsp3) is 0.800. The number of hydrogen-bond donors (Lipinski definition) is 1. The molecule has 0 fully saturated rings. The van der Waals surface area contributed by atoms with E-state index in [1.807, 2.05) is 0 Å². The van der Waals surface area contributed by atoms with Gasteiger partial charge in [-0.1, -0.05) is 0 Å². The van der Waals surface area contributed by atoms with Gasteiger partial charge in [-0.2, -0.15) is 5.10 Å². The second kappa shape index (κ2) is 4.40. The molecule has 0 aliphatic carbocycles. The minimum atomic E-state index is -0.0201. The van der Waals surface area contributed by atoms with E-state index in [-0.39, 0.29) is 11.1 Å². The molecule has 0 heterocycles. The number of hydrogen-bond acceptors (Lipinski definition) is 3. The second-order valence-corrected chi connectivity index (χ2v) is 5.09. The first-order chi connectivity index (χ1) is 5.71. The summed E-state index contributed by atoms with van der Waals surface area (Å²) in [6, 6.07) is 0. The largest absolute Gasteiger partial charge is 0.305 e. The Bertz CT molecular complexity index is 191. The molecule has 0 saturated heterocycles. The van der Waals surface area contributed by atoms with Gasteiger partial charge in [0.25, 0.3) is 0 Å². The van der Waals surface area contributed by atoms with Gasteiger partial charge in [0.2, 0.25) is 0 Å². The maximum atomic E-state index is 4.26. The van der Waals surface area contributed by atoms with E-state index in [2.05, 4.69) is 57.1 Å². The fourth-order valence-electron chi connectivity index (χ4n) is 0.521. The Kier molecular flexibility index (Phi) is 4.11. The third-order valence-corrected chi connectivity index (χ3v) is 1.00. The molecular formula is C10H21N3. The Hall–Kier alpha value is -0.860. The molecule has 0 aliphatic rings. The first-order valence-electron chi connectivity index (χ1n) is 4.55. The smallest absolute Gasteiger partial charge is 0.0646 e. The lowest BCUT2D eigenvalue weighted by Crippen LogP contribution is -2.31. The monoisotopic (exact) mass is 183 g/mol. The predicted molar refractivity (Wildman–Crippen MR) is 59.6 cm³/mol. The average Bonchev–Trinajstić information content (AvgIpc) is 1.81. The van der Waals surface area contributed by atoms with E-state index in [0.717, 1.165) is 0 Å². The highest BCUT2D eigenvalue weighted by molar-refractivity contribution is 6.16. The summed E-state index contributed by atoms with van der Waals surface area (Å²) >= 11 is 0. The lowest BCUT2D eigenvalue weighted by Gasteiger charge is -2.16. The zero-order valence-electron chi connectivity index (χ0n) is 9.55. The number of nitrogens with one attached hydrogen (secondary N) is 1. The number of nitrogens with zero attached hydrogens (tertiary/aromatic N) is 2. The molecule has 0 saturated carbocycles. The van der Waals surface area contributed by atoms with Crippen molar-refractivity contribution in [3.63, 3.8) is 0 Å². The Balaban J connectivity index is 3.84. The van der Waals surface area contributed by atoms with Crippen LogP contribution in [0.25, 0.3) is 0 Å². The van der Waals surface area contributed by atoms with Gasteiger partial charge in [0.05, 0.1) is 11.8 Å². The lowest BCUT2D eigenvalue weighted by atomic mass is 10.1. The standard InChI is InChI=1S/C10H21N3/c1-9(2,3)11-7-8-12-13-10(4,5)6/h7-8,13H,1-6H3. The third kappa shape index (κ3) is 11.1. The fourth-order valence-corrected chi connectivity index (χ4v) is 0.521. The van der Waals surface area contributed by atoms with Gasteiger partial charge in [0.15, 0.2) is 0 Å². The summed E-state index contributed by atoms with van der Waals surface area (Å²) in [6.45, 7) is 12.3. The molecule has 1 N–H and O–H groups in total. The van der Waals surface area contributed by atoms with E-state index in [1.165, 1.54) is 0 Å². The van der Waals surface area contributed by atoms with Crippen LogP contribution in [-0.4, -0.2) is 23.5 Å². The molecule has 0 bridgehead atoms. The molecule has 0 aromatic heterocycles. The molecule has 76 valence electrons. The van der Waals surface area contributed by atoms with Crippen LogP contribution in [0, 0.1) is 0 Å². The summed E-state index contributed by atoms with van der Waals surface area (Å²) in [5.41, 5.74) is 2.99. The van der Waals surface area contributed by atoms with E-state index in [0.29, 0.717) is 0 Å². The van der Waals surface area contributed by atoms with E-state index in [9.17, 15) is 0 Å². The first-order valence-corrected chi connectivity index (χ1v) is 4.55. The first kappa shape index (κ1) is 12.1. The van der Waals surface area contributed by atoms with Crippen LogP contribution in [0.3, 0.4) is 0 Å². The van der Waals surface area contributed by atoms with E-state index in [1.54, 1.807) is 12.4 Å². The lowest BCUT2D eigenvalue weighted by molar-refractivity contribution is 0.442. The Morgan fingerprint density at radius 3 is 1.85 bits per heavy atom. The topological polar surface area (TPSA) is 36.8 Å². The third-order valence-electron chi connectivity index (χ3n) is 1.00. The average molecular weight is 183 g/mol. The van der Waals surface area contributed by atoms with Gasteiger partial charge in [-0.25, -0.2) is 0 Å². The number of aliphatic imine (C=N–C) groups is 1. The summed E-state index contributed by atoms with van der Waals surface area (Å²) in [6.07, 6.45) is 3.40. The quantitative estimate of drug-likeness (QED) is 0.517. The SMILES string of the molecule is CC(C)(C)N=CC=NNC(C)(C)C. The van der Waals surface area contributed by atoms with E-state index < -0.39 is 0 Å². The Morgan fingerprint density at radius 1 is 0.923 bits per heavy atom. The van der Waals surface area contributed by atoms with Crippen molar-refractivity contribution >= 4 is 12.4 Å². The van der Waals surface area contributed by atoms with Crippen molar-refractivity contribution in [3.05, 3.63) is 0 Å². The molecule has 0 spiro atoms. The maximum Gasteiger partial charge on any atom is 0.0646 e. The van der Waals surface area contributed by atoms with Gasteiger partial charge in [0.1, 0.15) is 0 Å². The van der Waals surface area contributed by atoms with Crippen molar-refractivity contribution in [1.82, 2.24) is 5.43 Å². The Morgan fingerprint density at radius 2 is 1.46 bits per heavy atom. The van der Waals surface area contributed by atoms with Gasteiger partial charge < -0.3 is 5.43 Å². The minimum absolute atomic E-state index is 0.0199. The van der Waals surface area contributed by atoms with Crippen LogP contribution >= 0.6 is 0 Å². The highest BCUT2D eigenvalue weighted by Crippen LogP contribution is 2.03. The summed E-state index contributed by atoms with van der Waals surface area (Å²) < 4.78 is 0. The molecule has 0 unspecified atom stereocenters. The molecule has 0 aliphatic heterocycles. The summed E-state index contributed by atoms with van der Waals surface area (Å²) in [7, 11) is 0. The molecule has 0 rings (SSSR count). The molecule has 3 nitrogen and oxygen atoms in total. The summed E-state index contributed by atoms with van der Waals surface area (Å²) in [4.78, 5) is 4.26. The molecule has 0 aromatic rings. The zero-order chi connectivity index (χ0) is 10.5. The second-order valence-electron chi connectivity index (χ2n) is 5.09. The van der Waals surface area contributed by atoms with Gasteiger partial charge >= 0.3 is 0 Å². The number of rotatable bonds is 2.